The summed E-state index contributed by atoms with van der Waals surface area (Å²) in [5.74, 6) is 0.293. The largest absolute Gasteiger partial charge is 0.496 e. The van der Waals surface area contributed by atoms with E-state index in [1.54, 1.807) is 12.1 Å². The summed E-state index contributed by atoms with van der Waals surface area (Å²) in [4.78, 5) is 12.4. The fourth-order valence-corrected chi connectivity index (χ4v) is 1.97. The lowest BCUT2D eigenvalue weighted by atomic mass is 10.1. The molecule has 0 radical (unpaired) electrons. The molecular weight excluding hydrogens is 289 g/mol. The summed E-state index contributed by atoms with van der Waals surface area (Å²) in [6.45, 7) is 0. The maximum atomic E-state index is 13.2. The quantitative estimate of drug-likeness (QED) is 0.922. The van der Waals surface area contributed by atoms with E-state index >= 15 is 0 Å². The number of hydrogen-bond donors (Lipinski definition) is 1. The van der Waals surface area contributed by atoms with Crippen LogP contribution in [-0.4, -0.2) is 27.2 Å². The average Bonchev–Trinajstić information content (AvgIpc) is 2.53. The number of amides is 1. The van der Waals surface area contributed by atoms with Gasteiger partial charge in [0, 0.05) is 17.8 Å². The fourth-order valence-electron chi connectivity index (χ4n) is 1.97. The summed E-state index contributed by atoms with van der Waals surface area (Å²) in [6, 6.07) is 8.69. The second-order valence-corrected chi connectivity index (χ2v) is 4.37. The highest BCUT2D eigenvalue weighted by Gasteiger charge is 2.18. The number of carbonyl (C=O) groups excluding carboxylic acids is 1. The number of anilines is 1. The van der Waals surface area contributed by atoms with E-state index in [0.29, 0.717) is 22.9 Å². The van der Waals surface area contributed by atoms with Crippen molar-refractivity contribution >= 4 is 11.6 Å². The van der Waals surface area contributed by atoms with E-state index in [1.807, 2.05) is 0 Å². The van der Waals surface area contributed by atoms with Gasteiger partial charge in [-0.15, -0.1) is 0 Å². The van der Waals surface area contributed by atoms with Gasteiger partial charge < -0.3 is 19.5 Å². The van der Waals surface area contributed by atoms with Crippen LogP contribution in [0.4, 0.5) is 10.1 Å². The fraction of sp³-hybridized carbons (Fsp3) is 0.188. The van der Waals surface area contributed by atoms with Crippen LogP contribution in [0, 0.1) is 5.82 Å². The molecule has 0 aromatic heterocycles. The highest BCUT2D eigenvalue weighted by Crippen LogP contribution is 2.34. The second kappa shape index (κ2) is 6.80. The molecule has 0 aliphatic heterocycles. The number of carbonyl (C=O) groups is 1. The number of hydrogen-bond acceptors (Lipinski definition) is 4. The van der Waals surface area contributed by atoms with Gasteiger partial charge in [-0.25, -0.2) is 4.39 Å². The van der Waals surface area contributed by atoms with Crippen molar-refractivity contribution in [2.75, 3.05) is 26.6 Å². The zero-order valence-corrected chi connectivity index (χ0v) is 12.5. The summed E-state index contributed by atoms with van der Waals surface area (Å²) < 4.78 is 28.7. The Balaban J connectivity index is 2.36. The van der Waals surface area contributed by atoms with Crippen molar-refractivity contribution in [3.05, 3.63) is 47.8 Å². The molecule has 0 unspecified atom stereocenters. The lowest BCUT2D eigenvalue weighted by Gasteiger charge is -2.14. The smallest absolute Gasteiger partial charge is 0.259 e. The van der Waals surface area contributed by atoms with Crippen LogP contribution >= 0.6 is 0 Å². The molecule has 0 heterocycles. The standard InChI is InChI=1S/C16H16FNO4/c1-20-13-9-15(22-3)14(21-2)8-12(13)16(19)18-11-6-4-5-10(17)7-11/h4-9H,1-3H3,(H,18,19). The molecule has 5 nitrogen and oxygen atoms in total. The number of rotatable bonds is 5. The van der Waals surface area contributed by atoms with Gasteiger partial charge in [0.25, 0.3) is 5.91 Å². The Bertz CT molecular complexity index is 688. The maximum absolute atomic E-state index is 13.2. The molecule has 0 saturated heterocycles. The van der Waals surface area contributed by atoms with E-state index in [4.69, 9.17) is 14.2 Å². The zero-order chi connectivity index (χ0) is 16.1. The molecule has 0 aliphatic carbocycles. The second-order valence-electron chi connectivity index (χ2n) is 4.37. The van der Waals surface area contributed by atoms with Crippen molar-refractivity contribution < 1.29 is 23.4 Å². The third kappa shape index (κ3) is 3.28. The number of methoxy groups -OCH3 is 3. The minimum atomic E-state index is -0.441. The molecule has 0 atom stereocenters. The number of benzene rings is 2. The van der Waals surface area contributed by atoms with Crippen molar-refractivity contribution in [2.24, 2.45) is 0 Å². The molecule has 2 aromatic rings. The minimum absolute atomic E-state index is 0.254. The molecule has 2 rings (SSSR count). The van der Waals surface area contributed by atoms with E-state index in [2.05, 4.69) is 5.32 Å². The maximum Gasteiger partial charge on any atom is 0.259 e. The lowest BCUT2D eigenvalue weighted by molar-refractivity contribution is 0.102. The van der Waals surface area contributed by atoms with Crippen LogP contribution in [0.2, 0.25) is 0 Å². The minimum Gasteiger partial charge on any atom is -0.496 e. The summed E-state index contributed by atoms with van der Waals surface area (Å²) >= 11 is 0. The van der Waals surface area contributed by atoms with E-state index in [-0.39, 0.29) is 5.56 Å². The van der Waals surface area contributed by atoms with Gasteiger partial charge in [-0.05, 0) is 18.2 Å². The number of ether oxygens (including phenoxy) is 3. The van der Waals surface area contributed by atoms with Crippen LogP contribution < -0.4 is 19.5 Å². The van der Waals surface area contributed by atoms with Crippen molar-refractivity contribution in [2.45, 2.75) is 0 Å². The van der Waals surface area contributed by atoms with Gasteiger partial charge in [-0.3, -0.25) is 4.79 Å². The Morgan fingerprint density at radius 2 is 1.59 bits per heavy atom. The molecule has 0 aliphatic rings. The Kier molecular flexibility index (Phi) is 4.83. The highest BCUT2D eigenvalue weighted by molar-refractivity contribution is 6.06. The third-order valence-electron chi connectivity index (χ3n) is 3.03. The SMILES string of the molecule is COc1cc(OC)c(C(=O)Nc2cccc(F)c2)cc1OC. The van der Waals surface area contributed by atoms with E-state index in [1.165, 1.54) is 45.6 Å². The summed E-state index contributed by atoms with van der Waals surface area (Å²) in [6.07, 6.45) is 0. The Morgan fingerprint density at radius 1 is 0.955 bits per heavy atom. The van der Waals surface area contributed by atoms with Crippen LogP contribution in [0.3, 0.4) is 0 Å². The van der Waals surface area contributed by atoms with E-state index in [9.17, 15) is 9.18 Å². The predicted octanol–water partition coefficient (Wildman–Crippen LogP) is 3.10. The predicted molar refractivity (Wildman–Crippen MR) is 80.5 cm³/mol. The molecule has 1 N–H and O–H groups in total. The Hall–Kier alpha value is -2.76. The van der Waals surface area contributed by atoms with E-state index in [0.717, 1.165) is 0 Å². The van der Waals surface area contributed by atoms with Gasteiger partial charge >= 0.3 is 0 Å². The van der Waals surface area contributed by atoms with Crippen molar-refractivity contribution in [1.29, 1.82) is 0 Å². The first-order chi connectivity index (χ1) is 10.6. The summed E-state index contributed by atoms with van der Waals surface area (Å²) in [7, 11) is 4.41. The van der Waals surface area contributed by atoms with Gasteiger partial charge in [0.15, 0.2) is 11.5 Å². The van der Waals surface area contributed by atoms with Crippen LogP contribution in [0.15, 0.2) is 36.4 Å². The summed E-state index contributed by atoms with van der Waals surface area (Å²) in [5, 5.41) is 2.61. The van der Waals surface area contributed by atoms with Gasteiger partial charge in [0.2, 0.25) is 0 Å². The van der Waals surface area contributed by atoms with Crippen molar-refractivity contribution in [3.8, 4) is 17.2 Å². The van der Waals surface area contributed by atoms with E-state index < -0.39 is 11.7 Å². The van der Waals surface area contributed by atoms with Gasteiger partial charge in [0.1, 0.15) is 11.6 Å². The number of nitrogens with one attached hydrogen (secondary N) is 1. The molecule has 6 heteroatoms. The van der Waals surface area contributed by atoms with Gasteiger partial charge in [-0.2, -0.15) is 0 Å². The van der Waals surface area contributed by atoms with Gasteiger partial charge in [0.05, 0.1) is 26.9 Å². The number of halogens is 1. The molecule has 0 saturated carbocycles. The first-order valence-electron chi connectivity index (χ1n) is 6.46. The molecule has 1 amide bonds. The molecule has 2 aromatic carbocycles. The van der Waals surface area contributed by atoms with Crippen LogP contribution in [-0.2, 0) is 0 Å². The Morgan fingerprint density at radius 3 is 2.18 bits per heavy atom. The van der Waals surface area contributed by atoms with Crippen molar-refractivity contribution in [1.82, 2.24) is 0 Å². The van der Waals surface area contributed by atoms with Gasteiger partial charge in [-0.1, -0.05) is 6.07 Å². The zero-order valence-electron chi connectivity index (χ0n) is 12.5. The van der Waals surface area contributed by atoms with Crippen LogP contribution in [0.25, 0.3) is 0 Å². The first kappa shape index (κ1) is 15.6. The molecule has 0 bridgehead atoms. The molecule has 0 spiro atoms. The first-order valence-corrected chi connectivity index (χ1v) is 6.46. The monoisotopic (exact) mass is 305 g/mol. The van der Waals surface area contributed by atoms with Crippen molar-refractivity contribution in [3.63, 3.8) is 0 Å². The molecule has 0 fully saturated rings. The highest BCUT2D eigenvalue weighted by atomic mass is 19.1. The summed E-state index contributed by atoms with van der Waals surface area (Å²) in [5.41, 5.74) is 0.603. The third-order valence-corrected chi connectivity index (χ3v) is 3.03. The van der Waals surface area contributed by atoms with Crippen LogP contribution in [0.1, 0.15) is 10.4 Å². The molecule has 22 heavy (non-hydrogen) atoms. The average molecular weight is 305 g/mol. The Labute approximate surface area is 127 Å². The topological polar surface area (TPSA) is 56.8 Å². The molecule has 116 valence electrons. The lowest BCUT2D eigenvalue weighted by Crippen LogP contribution is -2.13. The normalized spacial score (nSPS) is 10.0. The molecular formula is C16H16FNO4. The van der Waals surface area contributed by atoms with Crippen LogP contribution in [0.5, 0.6) is 17.2 Å².